The van der Waals surface area contributed by atoms with Gasteiger partial charge in [-0.2, -0.15) is 0 Å². The first-order chi connectivity index (χ1) is 8.99. The van der Waals surface area contributed by atoms with Gasteiger partial charge in [0, 0.05) is 19.3 Å². The second kappa shape index (κ2) is 7.20. The number of furan rings is 1. The monoisotopic (exact) mass is 268 g/mol. The van der Waals surface area contributed by atoms with E-state index in [9.17, 15) is 14.4 Å². The fourth-order valence-electron chi connectivity index (χ4n) is 1.50. The fraction of sp³-hybridized carbons (Fsp3) is 0.417. The molecule has 0 saturated heterocycles. The van der Waals surface area contributed by atoms with Crippen LogP contribution in [0.3, 0.4) is 0 Å². The number of primary amides is 1. The molecule has 0 saturated carbocycles. The van der Waals surface area contributed by atoms with Crippen LogP contribution in [0, 0.1) is 0 Å². The molecule has 2 amide bonds. The van der Waals surface area contributed by atoms with E-state index in [1.807, 2.05) is 0 Å². The van der Waals surface area contributed by atoms with Crippen molar-refractivity contribution in [1.82, 2.24) is 5.32 Å². The maximum absolute atomic E-state index is 11.6. The quantitative estimate of drug-likeness (QED) is 0.614. The highest BCUT2D eigenvalue weighted by molar-refractivity contribution is 5.84. The van der Waals surface area contributed by atoms with Crippen molar-refractivity contribution < 1.29 is 23.9 Å². The number of amides is 2. The number of nitrogens with one attached hydrogen (secondary N) is 1. The fourth-order valence-corrected chi connectivity index (χ4v) is 1.50. The number of aliphatic carboxylic acids is 1. The van der Waals surface area contributed by atoms with Gasteiger partial charge in [0.15, 0.2) is 0 Å². The maximum Gasteiger partial charge on any atom is 0.326 e. The lowest BCUT2D eigenvalue weighted by Gasteiger charge is -2.13. The molecule has 104 valence electrons. The Kier molecular flexibility index (Phi) is 5.59. The third-order valence-corrected chi connectivity index (χ3v) is 2.49. The molecule has 1 rings (SSSR count). The molecule has 0 aliphatic heterocycles. The largest absolute Gasteiger partial charge is 0.480 e. The molecule has 1 aromatic rings. The van der Waals surface area contributed by atoms with Crippen LogP contribution in [0.1, 0.15) is 25.0 Å². The molecule has 1 heterocycles. The zero-order valence-corrected chi connectivity index (χ0v) is 10.3. The van der Waals surface area contributed by atoms with Crippen molar-refractivity contribution in [2.24, 2.45) is 5.73 Å². The molecule has 0 radical (unpaired) electrons. The Morgan fingerprint density at radius 1 is 1.37 bits per heavy atom. The molecule has 7 heteroatoms. The minimum absolute atomic E-state index is 0.0167. The number of carbonyl (C=O) groups excluding carboxylic acids is 2. The summed E-state index contributed by atoms with van der Waals surface area (Å²) in [4.78, 5) is 33.1. The van der Waals surface area contributed by atoms with Crippen LogP contribution in [0.4, 0.5) is 0 Å². The number of nitrogens with two attached hydrogens (primary N) is 1. The van der Waals surface area contributed by atoms with Gasteiger partial charge >= 0.3 is 5.97 Å². The predicted octanol–water partition coefficient (Wildman–Crippen LogP) is 0.0471. The van der Waals surface area contributed by atoms with E-state index in [4.69, 9.17) is 15.3 Å². The Morgan fingerprint density at radius 3 is 2.63 bits per heavy atom. The van der Waals surface area contributed by atoms with Gasteiger partial charge in [-0.05, 0) is 18.6 Å². The molecule has 0 spiro atoms. The minimum Gasteiger partial charge on any atom is -0.480 e. The van der Waals surface area contributed by atoms with Gasteiger partial charge in [0.1, 0.15) is 11.8 Å². The molecular weight excluding hydrogens is 252 g/mol. The van der Waals surface area contributed by atoms with Gasteiger partial charge < -0.3 is 20.6 Å². The van der Waals surface area contributed by atoms with Crippen LogP contribution >= 0.6 is 0 Å². The van der Waals surface area contributed by atoms with Crippen LogP contribution in [-0.2, 0) is 20.8 Å². The highest BCUT2D eigenvalue weighted by Crippen LogP contribution is 2.04. The van der Waals surface area contributed by atoms with E-state index in [2.05, 4.69) is 5.32 Å². The lowest BCUT2D eigenvalue weighted by atomic mass is 10.1. The third-order valence-electron chi connectivity index (χ3n) is 2.49. The Bertz CT molecular complexity index is 441. The van der Waals surface area contributed by atoms with E-state index < -0.39 is 23.8 Å². The van der Waals surface area contributed by atoms with E-state index in [1.165, 1.54) is 6.26 Å². The summed E-state index contributed by atoms with van der Waals surface area (Å²) in [5, 5.41) is 11.2. The minimum atomic E-state index is -1.19. The van der Waals surface area contributed by atoms with E-state index in [-0.39, 0.29) is 19.3 Å². The molecule has 4 N–H and O–H groups in total. The lowest BCUT2D eigenvalue weighted by molar-refractivity contribution is -0.142. The third kappa shape index (κ3) is 5.71. The van der Waals surface area contributed by atoms with Crippen LogP contribution in [0.25, 0.3) is 0 Å². The molecular formula is C12H16N2O5. The topological polar surface area (TPSA) is 123 Å². The molecule has 1 atom stereocenters. The molecule has 0 unspecified atom stereocenters. The van der Waals surface area contributed by atoms with Gasteiger partial charge in [-0.1, -0.05) is 0 Å². The Morgan fingerprint density at radius 2 is 2.11 bits per heavy atom. The summed E-state index contributed by atoms with van der Waals surface area (Å²) in [6.45, 7) is 0. The second-order valence-corrected chi connectivity index (χ2v) is 4.04. The number of carbonyl (C=O) groups is 3. The SMILES string of the molecule is NC(=O)CC[C@@H](NC(=O)CCc1ccco1)C(=O)O. The number of hydrogen-bond acceptors (Lipinski definition) is 4. The van der Waals surface area contributed by atoms with E-state index >= 15 is 0 Å². The van der Waals surface area contributed by atoms with Crippen LogP contribution in [0.5, 0.6) is 0 Å². The smallest absolute Gasteiger partial charge is 0.326 e. The Hall–Kier alpha value is -2.31. The second-order valence-electron chi connectivity index (χ2n) is 4.04. The van der Waals surface area contributed by atoms with Crippen molar-refractivity contribution in [2.75, 3.05) is 0 Å². The van der Waals surface area contributed by atoms with Crippen molar-refractivity contribution in [3.8, 4) is 0 Å². The normalized spacial score (nSPS) is 11.8. The average Bonchev–Trinajstić information content (AvgIpc) is 2.84. The van der Waals surface area contributed by atoms with E-state index in [0.717, 1.165) is 0 Å². The number of carboxylic acids is 1. The summed E-state index contributed by atoms with van der Waals surface area (Å²) in [7, 11) is 0. The van der Waals surface area contributed by atoms with Crippen molar-refractivity contribution in [3.63, 3.8) is 0 Å². The molecule has 19 heavy (non-hydrogen) atoms. The highest BCUT2D eigenvalue weighted by Gasteiger charge is 2.20. The molecule has 0 aliphatic rings. The first kappa shape index (κ1) is 14.7. The van der Waals surface area contributed by atoms with Gasteiger partial charge in [-0.25, -0.2) is 4.79 Å². The molecule has 0 aromatic carbocycles. The predicted molar refractivity (Wildman–Crippen MR) is 65.0 cm³/mol. The van der Waals surface area contributed by atoms with E-state index in [1.54, 1.807) is 12.1 Å². The average molecular weight is 268 g/mol. The van der Waals surface area contributed by atoms with Crippen molar-refractivity contribution >= 4 is 17.8 Å². The van der Waals surface area contributed by atoms with Gasteiger partial charge in [-0.3, -0.25) is 9.59 Å². The van der Waals surface area contributed by atoms with Gasteiger partial charge in [-0.15, -0.1) is 0 Å². The van der Waals surface area contributed by atoms with Crippen LogP contribution in [0.15, 0.2) is 22.8 Å². The van der Waals surface area contributed by atoms with Crippen LogP contribution < -0.4 is 11.1 Å². The first-order valence-corrected chi connectivity index (χ1v) is 5.82. The van der Waals surface area contributed by atoms with Crippen molar-refractivity contribution in [2.45, 2.75) is 31.7 Å². The zero-order chi connectivity index (χ0) is 14.3. The summed E-state index contributed by atoms with van der Waals surface area (Å²) in [5.74, 6) is -1.55. The van der Waals surface area contributed by atoms with Crippen molar-refractivity contribution in [1.29, 1.82) is 0 Å². The Balaban J connectivity index is 2.38. The standard InChI is InChI=1S/C12H16N2O5/c13-10(15)5-4-9(12(17)18)14-11(16)6-3-8-2-1-7-19-8/h1-2,7,9H,3-6H2,(H2,13,15)(H,14,16)(H,17,18)/t9-/m1/s1. The van der Waals surface area contributed by atoms with Crippen LogP contribution in [-0.4, -0.2) is 28.9 Å². The van der Waals surface area contributed by atoms with Gasteiger partial charge in [0.05, 0.1) is 6.26 Å². The number of hydrogen-bond donors (Lipinski definition) is 3. The molecule has 0 aliphatic carbocycles. The summed E-state index contributed by atoms with van der Waals surface area (Å²) >= 11 is 0. The summed E-state index contributed by atoms with van der Waals surface area (Å²) < 4.78 is 5.06. The van der Waals surface area contributed by atoms with Crippen molar-refractivity contribution in [3.05, 3.63) is 24.2 Å². The molecule has 7 nitrogen and oxygen atoms in total. The lowest BCUT2D eigenvalue weighted by Crippen LogP contribution is -2.41. The number of carboxylic acid groups (broad SMARTS) is 1. The zero-order valence-electron chi connectivity index (χ0n) is 10.3. The number of aryl methyl sites for hydroxylation is 1. The van der Waals surface area contributed by atoms with Crippen LogP contribution in [0.2, 0.25) is 0 Å². The number of rotatable bonds is 8. The van der Waals surface area contributed by atoms with E-state index in [0.29, 0.717) is 12.2 Å². The van der Waals surface area contributed by atoms with Gasteiger partial charge in [0.25, 0.3) is 0 Å². The highest BCUT2D eigenvalue weighted by atomic mass is 16.4. The molecule has 1 aromatic heterocycles. The first-order valence-electron chi connectivity index (χ1n) is 5.82. The summed E-state index contributed by atoms with van der Waals surface area (Å²) in [5.41, 5.74) is 4.94. The Labute approximate surface area is 109 Å². The summed E-state index contributed by atoms with van der Waals surface area (Å²) in [6.07, 6.45) is 1.90. The summed E-state index contributed by atoms with van der Waals surface area (Å²) in [6, 6.07) is 2.34. The maximum atomic E-state index is 11.6. The molecule has 0 bridgehead atoms. The molecule has 0 fully saturated rings. The van der Waals surface area contributed by atoms with Gasteiger partial charge in [0.2, 0.25) is 11.8 Å².